The standard InChI is InChI=1S/C68H99NO15/c1-6-10-12-14-16-18-20-22-24-26-28-30-41-49-57(80-63(71)53-43-35-32-36-44-53)56(69-59(70)50-42-31-29-27-25-23-21-19-17-15-13-11-7-2)51-79-68(5)62(83-65(73)55-47-39-34-40-48-55)61(81-64(72)54-45-37-33-38-46-54)60(82-67(75)77-9-4)58(84-68)52-78-66(74)76-8-3/h32-41,43-49,56-58,60-62H,6-31,42,50-52H2,1-5H3,(H,69,70)/b49-41+/t56-,57+,58+,60-,61-,62+,68-/m0/s1. The van der Waals surface area contributed by atoms with Crippen LogP contribution in [0.25, 0.3) is 0 Å². The van der Waals surface area contributed by atoms with Gasteiger partial charge in [0.2, 0.25) is 11.7 Å². The summed E-state index contributed by atoms with van der Waals surface area (Å²) in [7, 11) is 0. The van der Waals surface area contributed by atoms with Gasteiger partial charge in [0.25, 0.3) is 0 Å². The van der Waals surface area contributed by atoms with E-state index >= 15 is 0 Å². The highest BCUT2D eigenvalue weighted by molar-refractivity contribution is 5.91. The van der Waals surface area contributed by atoms with Crippen molar-refractivity contribution in [2.45, 2.75) is 244 Å². The van der Waals surface area contributed by atoms with Gasteiger partial charge in [-0.05, 0) is 82.5 Å². The van der Waals surface area contributed by atoms with Gasteiger partial charge in [0.1, 0.15) is 18.8 Å². The second-order valence-electron chi connectivity index (χ2n) is 21.8. The second kappa shape index (κ2) is 42.5. The van der Waals surface area contributed by atoms with Crippen LogP contribution in [0.5, 0.6) is 0 Å². The van der Waals surface area contributed by atoms with E-state index in [1.165, 1.54) is 134 Å². The van der Waals surface area contributed by atoms with Crippen LogP contribution in [0.2, 0.25) is 0 Å². The fourth-order valence-electron chi connectivity index (χ4n) is 10.1. The number of esters is 3. The highest BCUT2D eigenvalue weighted by atomic mass is 16.8. The van der Waals surface area contributed by atoms with Crippen molar-refractivity contribution in [2.75, 3.05) is 26.4 Å². The maximum atomic E-state index is 14.3. The number of rotatable bonds is 43. The normalized spacial score (nSPS) is 18.2. The molecule has 0 aromatic heterocycles. The molecule has 3 aromatic rings. The molecule has 0 bridgehead atoms. The summed E-state index contributed by atoms with van der Waals surface area (Å²) in [6, 6.07) is 23.5. The van der Waals surface area contributed by atoms with E-state index in [4.69, 9.17) is 42.6 Å². The minimum Gasteiger partial charge on any atom is -0.452 e. The van der Waals surface area contributed by atoms with E-state index in [0.717, 1.165) is 44.9 Å². The molecule has 1 fully saturated rings. The van der Waals surface area contributed by atoms with Crippen LogP contribution >= 0.6 is 0 Å². The summed E-state index contributed by atoms with van der Waals surface area (Å²) in [4.78, 5) is 83.0. The number of benzene rings is 3. The van der Waals surface area contributed by atoms with Crippen LogP contribution in [-0.2, 0) is 47.4 Å². The Morgan fingerprint density at radius 2 is 0.952 bits per heavy atom. The van der Waals surface area contributed by atoms with Gasteiger partial charge in [-0.25, -0.2) is 24.0 Å². The topological polar surface area (TPSA) is 198 Å². The van der Waals surface area contributed by atoms with E-state index in [0.29, 0.717) is 12.8 Å². The first-order valence-corrected chi connectivity index (χ1v) is 31.6. The molecule has 7 atom stereocenters. The van der Waals surface area contributed by atoms with Crippen molar-refractivity contribution in [1.29, 1.82) is 0 Å². The molecule has 0 unspecified atom stereocenters. The van der Waals surface area contributed by atoms with Crippen LogP contribution in [0.3, 0.4) is 0 Å². The number of hydrogen-bond acceptors (Lipinski definition) is 15. The third-order valence-electron chi connectivity index (χ3n) is 14.9. The average molecular weight is 1170 g/mol. The fraction of sp³-hybridized carbons (Fsp3) is 0.618. The molecule has 1 saturated heterocycles. The summed E-state index contributed by atoms with van der Waals surface area (Å²) in [5.74, 6) is -4.94. The molecule has 466 valence electrons. The number of hydrogen-bond donors (Lipinski definition) is 1. The Balaban J connectivity index is 1.71. The molecule has 0 radical (unpaired) electrons. The van der Waals surface area contributed by atoms with Crippen molar-refractivity contribution in [2.24, 2.45) is 0 Å². The monoisotopic (exact) mass is 1170 g/mol. The predicted octanol–water partition coefficient (Wildman–Crippen LogP) is 15.7. The number of carbonyl (C=O) groups is 6. The number of allylic oxidation sites excluding steroid dienone is 1. The van der Waals surface area contributed by atoms with Gasteiger partial charge in [0, 0.05) is 6.42 Å². The van der Waals surface area contributed by atoms with Crippen molar-refractivity contribution >= 4 is 36.1 Å². The molecule has 1 N–H and O–H groups in total. The third kappa shape index (κ3) is 27.6. The van der Waals surface area contributed by atoms with E-state index < -0.39 is 85.8 Å². The number of ether oxygens (including phenoxy) is 9. The summed E-state index contributed by atoms with van der Waals surface area (Å²) in [6.07, 6.45) is 22.4. The summed E-state index contributed by atoms with van der Waals surface area (Å²) in [6.45, 7) is 7.81. The lowest BCUT2D eigenvalue weighted by Crippen LogP contribution is -2.68. The van der Waals surface area contributed by atoms with Gasteiger partial charge in [-0.2, -0.15) is 0 Å². The molecule has 16 heteroatoms. The lowest BCUT2D eigenvalue weighted by Gasteiger charge is -2.49. The molecule has 0 spiro atoms. The average Bonchev–Trinajstić information content (AvgIpc) is 3.68. The number of unbranched alkanes of at least 4 members (excludes halogenated alkanes) is 23. The third-order valence-corrected chi connectivity index (χ3v) is 14.9. The minimum absolute atomic E-state index is 0.0288. The molecule has 0 aliphatic carbocycles. The maximum Gasteiger partial charge on any atom is 0.508 e. The molecular formula is C68H99NO15. The number of amides is 1. The van der Waals surface area contributed by atoms with Crippen molar-refractivity contribution in [3.05, 3.63) is 120 Å². The van der Waals surface area contributed by atoms with Gasteiger partial charge in [-0.3, -0.25) is 4.79 Å². The van der Waals surface area contributed by atoms with Gasteiger partial charge in [0.05, 0.1) is 42.6 Å². The zero-order chi connectivity index (χ0) is 60.5. The highest BCUT2D eigenvalue weighted by Crippen LogP contribution is 2.38. The predicted molar refractivity (Wildman–Crippen MR) is 323 cm³/mol. The van der Waals surface area contributed by atoms with Gasteiger partial charge in [-0.1, -0.05) is 216 Å². The molecule has 1 amide bonds. The first-order chi connectivity index (χ1) is 40.9. The molecule has 1 aliphatic rings. The molecule has 1 heterocycles. The van der Waals surface area contributed by atoms with Crippen LogP contribution < -0.4 is 5.32 Å². The van der Waals surface area contributed by atoms with Crippen molar-refractivity contribution < 1.29 is 71.4 Å². The quantitative estimate of drug-likeness (QED) is 0.0243. The van der Waals surface area contributed by atoms with E-state index in [-0.39, 0.29) is 42.2 Å². The van der Waals surface area contributed by atoms with Gasteiger partial charge >= 0.3 is 30.2 Å². The van der Waals surface area contributed by atoms with Crippen LogP contribution in [0.1, 0.15) is 233 Å². The molecule has 16 nitrogen and oxygen atoms in total. The van der Waals surface area contributed by atoms with E-state index in [1.807, 2.05) is 6.08 Å². The van der Waals surface area contributed by atoms with Crippen molar-refractivity contribution in [3.8, 4) is 0 Å². The summed E-state index contributed by atoms with van der Waals surface area (Å²) >= 11 is 0. The molecular weight excluding hydrogens is 1070 g/mol. The molecule has 4 rings (SSSR count). The Bertz CT molecular complexity index is 2320. The van der Waals surface area contributed by atoms with Crippen LogP contribution in [0.4, 0.5) is 9.59 Å². The first-order valence-electron chi connectivity index (χ1n) is 31.6. The first kappa shape index (κ1) is 70.2. The van der Waals surface area contributed by atoms with Gasteiger partial charge < -0.3 is 47.9 Å². The van der Waals surface area contributed by atoms with Crippen molar-refractivity contribution in [3.63, 3.8) is 0 Å². The Labute approximate surface area is 501 Å². The maximum absolute atomic E-state index is 14.3. The smallest absolute Gasteiger partial charge is 0.452 e. The number of nitrogens with one attached hydrogen (secondary N) is 1. The van der Waals surface area contributed by atoms with E-state index in [9.17, 15) is 28.8 Å². The largest absolute Gasteiger partial charge is 0.508 e. The molecule has 3 aromatic carbocycles. The Hall–Kier alpha value is -6.26. The van der Waals surface area contributed by atoms with Gasteiger partial charge in [-0.15, -0.1) is 0 Å². The molecule has 1 aliphatic heterocycles. The minimum atomic E-state index is -2.19. The Kier molecular flexibility index (Phi) is 35.6. The second-order valence-corrected chi connectivity index (χ2v) is 21.8. The summed E-state index contributed by atoms with van der Waals surface area (Å²) in [5, 5.41) is 3.12. The lowest BCUT2D eigenvalue weighted by atomic mass is 9.92. The van der Waals surface area contributed by atoms with E-state index in [1.54, 1.807) is 86.7 Å². The summed E-state index contributed by atoms with van der Waals surface area (Å²) in [5.41, 5.74) is 0.496. The SMILES string of the molecule is CCCCCCCCCCCCC/C=C/[C@@H](OC(=O)c1ccccc1)[C@H](CO[C@@]1(C)O[C@H](COC(=O)OCC)[C@H](OC(=O)OCC)[C@H](OC(=O)c2ccccc2)[C@H]1OC(=O)c1ccccc1)NC(=O)CCCCCCCCCCCCCCC. The highest BCUT2D eigenvalue weighted by Gasteiger charge is 2.60. The van der Waals surface area contributed by atoms with Crippen LogP contribution in [0.15, 0.2) is 103 Å². The Morgan fingerprint density at radius 3 is 1.44 bits per heavy atom. The number of carbonyl (C=O) groups excluding carboxylic acids is 6. The molecule has 0 saturated carbocycles. The lowest BCUT2D eigenvalue weighted by molar-refractivity contribution is -0.355. The zero-order valence-corrected chi connectivity index (χ0v) is 51.1. The van der Waals surface area contributed by atoms with Crippen molar-refractivity contribution in [1.82, 2.24) is 5.32 Å². The zero-order valence-electron chi connectivity index (χ0n) is 51.1. The van der Waals surface area contributed by atoms with Gasteiger partial charge in [0.15, 0.2) is 18.3 Å². The molecule has 84 heavy (non-hydrogen) atoms. The summed E-state index contributed by atoms with van der Waals surface area (Å²) < 4.78 is 53.9. The Morgan fingerprint density at radius 1 is 0.512 bits per heavy atom. The van der Waals surface area contributed by atoms with Crippen LogP contribution in [-0.4, -0.2) is 105 Å². The fourth-order valence-corrected chi connectivity index (χ4v) is 10.1. The van der Waals surface area contributed by atoms with Crippen LogP contribution in [0, 0.1) is 0 Å². The van der Waals surface area contributed by atoms with E-state index in [2.05, 4.69) is 19.2 Å².